The number of halogens is 6. The fraction of sp³-hybridized carbons (Fsp3) is 0.355. The molecule has 45 heavy (non-hydrogen) atoms. The monoisotopic (exact) mass is 637 g/mol. The molecule has 4 rings (SSSR count). The van der Waals surface area contributed by atoms with Crippen molar-refractivity contribution in [3.8, 4) is 5.75 Å². The zero-order valence-corrected chi connectivity index (χ0v) is 24.8. The molecule has 1 aliphatic rings. The quantitative estimate of drug-likeness (QED) is 0.230. The molecule has 8 nitrogen and oxygen atoms in total. The van der Waals surface area contributed by atoms with Crippen LogP contribution in [0.4, 0.5) is 53.9 Å². The zero-order valence-electron chi connectivity index (χ0n) is 24.8. The first-order valence-corrected chi connectivity index (χ1v) is 14.1. The molecule has 0 saturated carbocycles. The first-order chi connectivity index (χ1) is 21.2. The number of nitrogens with zero attached hydrogens (tertiary/aromatic N) is 2. The predicted octanol–water partition coefficient (Wildman–Crippen LogP) is 7.09. The minimum Gasteiger partial charge on any atom is -0.495 e. The van der Waals surface area contributed by atoms with E-state index in [2.05, 4.69) is 15.5 Å². The number of methoxy groups -OCH3 is 1. The molecule has 1 heterocycles. The van der Waals surface area contributed by atoms with Gasteiger partial charge in [-0.1, -0.05) is 26.0 Å². The van der Waals surface area contributed by atoms with Crippen LogP contribution in [-0.4, -0.2) is 51.8 Å². The molecule has 3 aromatic rings. The number of carbonyl (C=O) groups excluding carboxylic acids is 2. The van der Waals surface area contributed by atoms with Gasteiger partial charge < -0.3 is 30.5 Å². The third kappa shape index (κ3) is 8.52. The number of para-hydroxylation sites is 2. The lowest BCUT2D eigenvalue weighted by molar-refractivity contribution is -0.143. The van der Waals surface area contributed by atoms with E-state index in [0.29, 0.717) is 50.5 Å². The lowest BCUT2D eigenvalue weighted by atomic mass is 10.1. The standard InChI is InChI=1S/C31H33F6N5O3/c1-19(2)18-38-28(43)24-17-22(39-29(44)40-23-15-20(30(32,33)34)14-21(16-23)31(35,36)37)8-9-25(24)41-10-12-42(13-11-41)26-6-4-5-7-27(26)45-3/h4-9,14-17,19H,10-13,18H2,1-3H3,(H,38,43)(H2,39,40,44). The second kappa shape index (κ2) is 13.6. The molecule has 242 valence electrons. The number of alkyl halides is 6. The van der Waals surface area contributed by atoms with Crippen LogP contribution in [0.25, 0.3) is 0 Å². The molecule has 0 aliphatic carbocycles. The van der Waals surface area contributed by atoms with Crippen molar-refractivity contribution in [2.45, 2.75) is 26.2 Å². The van der Waals surface area contributed by atoms with Crippen molar-refractivity contribution in [2.75, 3.05) is 60.3 Å². The number of urea groups is 1. The Bertz CT molecular complexity index is 1490. The highest BCUT2D eigenvalue weighted by atomic mass is 19.4. The van der Waals surface area contributed by atoms with E-state index in [1.807, 2.05) is 48.3 Å². The van der Waals surface area contributed by atoms with Gasteiger partial charge in [-0.15, -0.1) is 0 Å². The highest BCUT2D eigenvalue weighted by Crippen LogP contribution is 2.38. The molecule has 0 aromatic heterocycles. The summed E-state index contributed by atoms with van der Waals surface area (Å²) in [5, 5.41) is 7.29. The summed E-state index contributed by atoms with van der Waals surface area (Å²) < 4.78 is 84.9. The van der Waals surface area contributed by atoms with Crippen LogP contribution >= 0.6 is 0 Å². The molecular formula is C31H33F6N5O3. The van der Waals surface area contributed by atoms with Gasteiger partial charge in [0.2, 0.25) is 0 Å². The number of hydrogen-bond acceptors (Lipinski definition) is 5. The Morgan fingerprint density at radius 3 is 1.89 bits per heavy atom. The minimum absolute atomic E-state index is 0.0278. The summed E-state index contributed by atoms with van der Waals surface area (Å²) in [5.74, 6) is 0.499. The molecule has 0 bridgehead atoms. The maximum absolute atomic E-state index is 13.3. The molecular weight excluding hydrogens is 604 g/mol. The van der Waals surface area contributed by atoms with Crippen LogP contribution in [0.1, 0.15) is 35.3 Å². The van der Waals surface area contributed by atoms with Crippen LogP contribution < -0.4 is 30.5 Å². The van der Waals surface area contributed by atoms with Crippen LogP contribution in [0.3, 0.4) is 0 Å². The number of benzene rings is 3. The summed E-state index contributed by atoms with van der Waals surface area (Å²) >= 11 is 0. The second-order valence-electron chi connectivity index (χ2n) is 10.9. The summed E-state index contributed by atoms with van der Waals surface area (Å²) in [5.41, 5.74) is -1.91. The van der Waals surface area contributed by atoms with Crippen LogP contribution in [0, 0.1) is 5.92 Å². The van der Waals surface area contributed by atoms with Crippen molar-refractivity contribution in [1.29, 1.82) is 0 Å². The number of piperazine rings is 1. The Morgan fingerprint density at radius 1 is 0.778 bits per heavy atom. The lowest BCUT2D eigenvalue weighted by Crippen LogP contribution is -2.47. The van der Waals surface area contributed by atoms with Crippen molar-refractivity contribution >= 4 is 34.7 Å². The number of anilines is 4. The topological polar surface area (TPSA) is 85.9 Å². The van der Waals surface area contributed by atoms with E-state index in [0.717, 1.165) is 11.4 Å². The van der Waals surface area contributed by atoms with Gasteiger partial charge in [0.25, 0.3) is 5.91 Å². The van der Waals surface area contributed by atoms with E-state index in [1.165, 1.54) is 12.1 Å². The van der Waals surface area contributed by atoms with Gasteiger partial charge in [0.05, 0.1) is 29.5 Å². The van der Waals surface area contributed by atoms with E-state index >= 15 is 0 Å². The van der Waals surface area contributed by atoms with E-state index in [4.69, 9.17) is 4.74 Å². The molecule has 0 unspecified atom stereocenters. The van der Waals surface area contributed by atoms with E-state index in [9.17, 15) is 35.9 Å². The summed E-state index contributed by atoms with van der Waals surface area (Å²) in [6, 6.07) is 11.9. The molecule has 0 atom stereocenters. The molecule has 3 N–H and O–H groups in total. The van der Waals surface area contributed by atoms with Crippen LogP contribution in [-0.2, 0) is 12.4 Å². The molecule has 1 aliphatic heterocycles. The molecule has 3 aromatic carbocycles. The third-order valence-electron chi connectivity index (χ3n) is 7.06. The highest BCUT2D eigenvalue weighted by Gasteiger charge is 2.37. The summed E-state index contributed by atoms with van der Waals surface area (Å²) in [6.45, 7) is 6.63. The van der Waals surface area contributed by atoms with Crippen molar-refractivity contribution in [2.24, 2.45) is 5.92 Å². The summed E-state index contributed by atoms with van der Waals surface area (Å²) in [7, 11) is 1.60. The average Bonchev–Trinajstić information content (AvgIpc) is 2.98. The van der Waals surface area contributed by atoms with Gasteiger partial charge >= 0.3 is 18.4 Å². The number of hydrogen-bond donors (Lipinski definition) is 3. The third-order valence-corrected chi connectivity index (χ3v) is 7.06. The van der Waals surface area contributed by atoms with Crippen molar-refractivity contribution in [3.63, 3.8) is 0 Å². The zero-order chi connectivity index (χ0) is 32.9. The van der Waals surface area contributed by atoms with Crippen LogP contribution in [0.15, 0.2) is 60.7 Å². The largest absolute Gasteiger partial charge is 0.495 e. The molecule has 1 fully saturated rings. The second-order valence-corrected chi connectivity index (χ2v) is 10.9. The van der Waals surface area contributed by atoms with E-state index in [-0.39, 0.29) is 23.2 Å². The Kier molecular flexibility index (Phi) is 10.0. The minimum atomic E-state index is -5.07. The Balaban J connectivity index is 1.55. The number of ether oxygens (including phenoxy) is 1. The maximum atomic E-state index is 13.3. The molecule has 3 amide bonds. The fourth-order valence-corrected chi connectivity index (χ4v) is 4.86. The van der Waals surface area contributed by atoms with Gasteiger partial charge in [0, 0.05) is 49.8 Å². The fourth-order valence-electron chi connectivity index (χ4n) is 4.86. The lowest BCUT2D eigenvalue weighted by Gasteiger charge is -2.38. The van der Waals surface area contributed by atoms with Gasteiger partial charge in [-0.05, 0) is 54.4 Å². The van der Waals surface area contributed by atoms with E-state index < -0.39 is 41.1 Å². The summed E-state index contributed by atoms with van der Waals surface area (Å²) in [6.07, 6.45) is -10.1. The Hall–Kier alpha value is -4.62. The van der Waals surface area contributed by atoms with Crippen LogP contribution in [0.2, 0.25) is 0 Å². The highest BCUT2D eigenvalue weighted by molar-refractivity contribution is 6.04. The number of amides is 3. The molecule has 0 radical (unpaired) electrons. The molecule has 14 heteroatoms. The first kappa shape index (κ1) is 33.3. The Labute approximate surface area is 256 Å². The van der Waals surface area contributed by atoms with Gasteiger partial charge in [-0.3, -0.25) is 4.79 Å². The van der Waals surface area contributed by atoms with Crippen molar-refractivity contribution < 1.29 is 40.7 Å². The summed E-state index contributed by atoms with van der Waals surface area (Å²) in [4.78, 5) is 30.2. The smallest absolute Gasteiger partial charge is 0.416 e. The van der Waals surface area contributed by atoms with Gasteiger partial charge in [-0.2, -0.15) is 26.3 Å². The Morgan fingerprint density at radius 2 is 1.33 bits per heavy atom. The molecule has 1 saturated heterocycles. The number of rotatable bonds is 8. The first-order valence-electron chi connectivity index (χ1n) is 14.1. The van der Waals surface area contributed by atoms with E-state index in [1.54, 1.807) is 13.2 Å². The predicted molar refractivity (Wildman–Crippen MR) is 160 cm³/mol. The van der Waals surface area contributed by atoms with Gasteiger partial charge in [0.15, 0.2) is 0 Å². The maximum Gasteiger partial charge on any atom is 0.416 e. The SMILES string of the molecule is COc1ccccc1N1CCN(c2ccc(NC(=O)Nc3cc(C(F)(F)F)cc(C(F)(F)F)c3)cc2C(=O)NCC(C)C)CC1. The number of nitrogens with one attached hydrogen (secondary N) is 3. The van der Waals surface area contributed by atoms with Gasteiger partial charge in [0.1, 0.15) is 5.75 Å². The average molecular weight is 638 g/mol. The number of carbonyl (C=O) groups is 2. The van der Waals surface area contributed by atoms with Crippen molar-refractivity contribution in [3.05, 3.63) is 77.4 Å². The van der Waals surface area contributed by atoms with Gasteiger partial charge in [-0.25, -0.2) is 4.79 Å². The van der Waals surface area contributed by atoms with Crippen LogP contribution in [0.5, 0.6) is 5.75 Å². The normalized spacial score (nSPS) is 13.9. The molecule has 0 spiro atoms. The van der Waals surface area contributed by atoms with Crippen molar-refractivity contribution in [1.82, 2.24) is 5.32 Å².